The van der Waals surface area contributed by atoms with E-state index in [0.717, 1.165) is 12.2 Å². The molecule has 3 N–H and O–H groups in total. The molecule has 0 atom stereocenters. The number of aryl methyl sites for hydroxylation is 1. The Kier molecular flexibility index (Phi) is 4.50. The van der Waals surface area contributed by atoms with E-state index >= 15 is 0 Å². The molecule has 8 nitrogen and oxygen atoms in total. The minimum absolute atomic E-state index is 0.429. The van der Waals surface area contributed by atoms with E-state index < -0.39 is 19.0 Å². The van der Waals surface area contributed by atoms with Gasteiger partial charge in [-0.2, -0.15) is 0 Å². The summed E-state index contributed by atoms with van der Waals surface area (Å²) in [5.41, 5.74) is 0.753. The molecule has 0 saturated heterocycles. The highest BCUT2D eigenvalue weighted by Crippen LogP contribution is 2.45. The van der Waals surface area contributed by atoms with E-state index in [1.807, 2.05) is 30.3 Å². The van der Waals surface area contributed by atoms with Gasteiger partial charge in [0, 0.05) is 12.1 Å². The maximum atomic E-state index is 9.39. The minimum Gasteiger partial charge on any atom is -0.494 e. The van der Waals surface area contributed by atoms with Gasteiger partial charge in [0.15, 0.2) is 11.5 Å². The summed E-state index contributed by atoms with van der Waals surface area (Å²) in [6.07, 6.45) is 5.97. The lowest BCUT2D eigenvalue weighted by molar-refractivity contribution is -0.671. The second-order valence-electron chi connectivity index (χ2n) is 5.67. The van der Waals surface area contributed by atoms with Crippen molar-refractivity contribution < 1.29 is 29.0 Å². The van der Waals surface area contributed by atoms with Crippen LogP contribution in [0.15, 0.2) is 30.9 Å². The van der Waals surface area contributed by atoms with Gasteiger partial charge in [-0.3, -0.25) is 0 Å². The lowest BCUT2D eigenvalue weighted by Gasteiger charge is -2.22. The van der Waals surface area contributed by atoms with Gasteiger partial charge < -0.3 is 29.7 Å². The molecule has 0 fully saturated rings. The SMILES string of the molecule is COc1cc2c(cc1NCCn1cc[n+](C)c1)OC(CO)(CO)O2. The van der Waals surface area contributed by atoms with E-state index in [2.05, 4.69) is 9.88 Å². The summed E-state index contributed by atoms with van der Waals surface area (Å²) in [5.74, 6) is 0.0417. The number of nitrogens with one attached hydrogen (secondary N) is 1. The smallest absolute Gasteiger partial charge is 0.297 e. The van der Waals surface area contributed by atoms with Crippen LogP contribution in [-0.2, 0) is 13.6 Å². The molecule has 130 valence electrons. The van der Waals surface area contributed by atoms with Crippen molar-refractivity contribution in [3.05, 3.63) is 30.9 Å². The fraction of sp³-hybridized carbons (Fsp3) is 0.438. The third kappa shape index (κ3) is 3.10. The zero-order chi connectivity index (χ0) is 17.2. The van der Waals surface area contributed by atoms with E-state index in [9.17, 15) is 10.2 Å². The molecule has 0 unspecified atom stereocenters. The molecule has 0 bridgehead atoms. The normalized spacial score (nSPS) is 14.7. The van der Waals surface area contributed by atoms with Gasteiger partial charge in [-0.05, 0) is 0 Å². The second-order valence-corrected chi connectivity index (χ2v) is 5.67. The Morgan fingerprint density at radius 2 is 1.96 bits per heavy atom. The third-order valence-electron chi connectivity index (χ3n) is 3.85. The molecule has 0 aliphatic carbocycles. The van der Waals surface area contributed by atoms with Gasteiger partial charge >= 0.3 is 0 Å². The van der Waals surface area contributed by atoms with Gasteiger partial charge in [-0.25, -0.2) is 9.13 Å². The summed E-state index contributed by atoms with van der Waals surface area (Å²) in [4.78, 5) is 0. The zero-order valence-electron chi connectivity index (χ0n) is 13.7. The van der Waals surface area contributed by atoms with E-state index in [-0.39, 0.29) is 0 Å². The van der Waals surface area contributed by atoms with Gasteiger partial charge in [0.1, 0.15) is 37.9 Å². The predicted molar refractivity (Wildman–Crippen MR) is 85.3 cm³/mol. The Morgan fingerprint density at radius 3 is 2.54 bits per heavy atom. The standard InChI is InChI=1S/C16H22N3O5/c1-18-5-6-19(11-18)4-3-17-12-7-14-15(8-13(12)22-2)24-16(9-20,10-21)23-14/h5-8,11,17,20-21H,3-4,9-10H2,1-2H3/q+1. The Bertz CT molecular complexity index is 712. The average Bonchev–Trinajstić information content (AvgIpc) is 3.17. The van der Waals surface area contributed by atoms with Crippen molar-refractivity contribution in [1.29, 1.82) is 0 Å². The van der Waals surface area contributed by atoms with Gasteiger partial charge in [-0.15, -0.1) is 0 Å². The lowest BCUT2D eigenvalue weighted by Crippen LogP contribution is -2.46. The number of imidazole rings is 1. The number of hydrogen-bond acceptors (Lipinski definition) is 6. The first-order valence-corrected chi connectivity index (χ1v) is 7.66. The summed E-state index contributed by atoms with van der Waals surface area (Å²) in [6.45, 7) is 0.577. The van der Waals surface area contributed by atoms with Crippen LogP contribution in [0.4, 0.5) is 5.69 Å². The summed E-state index contributed by atoms with van der Waals surface area (Å²) >= 11 is 0. The zero-order valence-corrected chi connectivity index (χ0v) is 13.7. The van der Waals surface area contributed by atoms with Gasteiger partial charge in [0.2, 0.25) is 6.33 Å². The van der Waals surface area contributed by atoms with E-state index in [1.165, 1.54) is 0 Å². The third-order valence-corrected chi connectivity index (χ3v) is 3.85. The van der Waals surface area contributed by atoms with Crippen LogP contribution in [-0.4, -0.2) is 47.4 Å². The number of aromatic nitrogens is 2. The highest BCUT2D eigenvalue weighted by molar-refractivity contribution is 5.65. The molecule has 24 heavy (non-hydrogen) atoms. The fourth-order valence-electron chi connectivity index (χ4n) is 2.56. The molecule has 0 spiro atoms. The number of anilines is 1. The molecule has 0 saturated carbocycles. The Morgan fingerprint density at radius 1 is 1.25 bits per heavy atom. The van der Waals surface area contributed by atoms with Crippen molar-refractivity contribution in [3.63, 3.8) is 0 Å². The largest absolute Gasteiger partial charge is 0.494 e. The molecule has 2 heterocycles. The number of aliphatic hydroxyl groups excluding tert-OH is 2. The summed E-state index contributed by atoms with van der Waals surface area (Å²) in [6, 6.07) is 3.43. The van der Waals surface area contributed by atoms with Crippen LogP contribution in [0.1, 0.15) is 0 Å². The van der Waals surface area contributed by atoms with Crippen LogP contribution in [0.5, 0.6) is 17.2 Å². The molecule has 0 amide bonds. The number of aliphatic hydroxyl groups is 2. The number of benzene rings is 1. The molecule has 1 aliphatic rings. The van der Waals surface area contributed by atoms with Crippen LogP contribution in [0.25, 0.3) is 0 Å². The predicted octanol–water partition coefficient (Wildman–Crippen LogP) is -0.115. The molecule has 3 rings (SSSR count). The number of hydrogen-bond donors (Lipinski definition) is 3. The van der Waals surface area contributed by atoms with Gasteiger partial charge in [0.25, 0.3) is 5.79 Å². The molecule has 1 aromatic heterocycles. The molecule has 2 aromatic rings. The number of methoxy groups -OCH3 is 1. The van der Waals surface area contributed by atoms with Crippen molar-refractivity contribution in [1.82, 2.24) is 4.57 Å². The lowest BCUT2D eigenvalue weighted by atomic mass is 10.2. The average molecular weight is 336 g/mol. The summed E-state index contributed by atoms with van der Waals surface area (Å²) < 4.78 is 20.5. The molecular formula is C16H22N3O5+. The highest BCUT2D eigenvalue weighted by Gasteiger charge is 2.41. The summed E-state index contributed by atoms with van der Waals surface area (Å²) in [5, 5.41) is 22.1. The maximum Gasteiger partial charge on any atom is 0.297 e. The fourth-order valence-corrected chi connectivity index (χ4v) is 2.56. The van der Waals surface area contributed by atoms with E-state index in [1.54, 1.807) is 19.2 Å². The number of nitrogens with zero attached hydrogens (tertiary/aromatic N) is 2. The van der Waals surface area contributed by atoms with Crippen molar-refractivity contribution >= 4 is 5.69 Å². The van der Waals surface area contributed by atoms with Crippen LogP contribution in [0.2, 0.25) is 0 Å². The number of ether oxygens (including phenoxy) is 3. The Labute approximate surface area is 139 Å². The van der Waals surface area contributed by atoms with Crippen LogP contribution < -0.4 is 24.1 Å². The molecule has 1 aromatic carbocycles. The minimum atomic E-state index is -1.44. The maximum absolute atomic E-state index is 9.39. The van der Waals surface area contributed by atoms with E-state index in [0.29, 0.717) is 23.8 Å². The second kappa shape index (κ2) is 6.58. The van der Waals surface area contributed by atoms with Crippen LogP contribution >= 0.6 is 0 Å². The molecule has 1 aliphatic heterocycles. The first-order valence-electron chi connectivity index (χ1n) is 7.66. The summed E-state index contributed by atoms with van der Waals surface area (Å²) in [7, 11) is 3.54. The van der Waals surface area contributed by atoms with Gasteiger partial charge in [-0.1, -0.05) is 0 Å². The number of rotatable bonds is 7. The first-order chi connectivity index (χ1) is 11.6. The van der Waals surface area contributed by atoms with Crippen molar-refractivity contribution in [2.24, 2.45) is 7.05 Å². The molecule has 8 heteroatoms. The van der Waals surface area contributed by atoms with Crippen molar-refractivity contribution in [2.75, 3.05) is 32.2 Å². The first kappa shape index (κ1) is 16.4. The van der Waals surface area contributed by atoms with Gasteiger partial charge in [0.05, 0.1) is 26.4 Å². The van der Waals surface area contributed by atoms with Crippen LogP contribution in [0.3, 0.4) is 0 Å². The highest BCUT2D eigenvalue weighted by atomic mass is 16.8. The Balaban J connectivity index is 1.72. The van der Waals surface area contributed by atoms with Crippen molar-refractivity contribution in [3.8, 4) is 17.2 Å². The Hall–Kier alpha value is -2.45. The quantitative estimate of drug-likeness (QED) is 0.611. The van der Waals surface area contributed by atoms with E-state index in [4.69, 9.17) is 14.2 Å². The molecule has 0 radical (unpaired) electrons. The molecular weight excluding hydrogens is 314 g/mol. The number of fused-ring (bicyclic) bond motifs is 1. The topological polar surface area (TPSA) is 89.0 Å². The monoisotopic (exact) mass is 336 g/mol. The van der Waals surface area contributed by atoms with Crippen molar-refractivity contribution in [2.45, 2.75) is 12.3 Å². The van der Waals surface area contributed by atoms with Crippen LogP contribution in [0, 0.1) is 0 Å².